The van der Waals surface area contributed by atoms with Gasteiger partial charge in [0.25, 0.3) is 0 Å². The Morgan fingerprint density at radius 2 is 2.44 bits per heavy atom. The number of anilines is 1. The summed E-state index contributed by atoms with van der Waals surface area (Å²) in [5.41, 5.74) is 0.741. The van der Waals surface area contributed by atoms with Crippen molar-refractivity contribution < 1.29 is 4.79 Å². The van der Waals surface area contributed by atoms with E-state index >= 15 is 0 Å². The maximum Gasteiger partial charge on any atom is 0.238 e. The molecule has 0 radical (unpaired) electrons. The number of benzene rings is 1. The molecule has 18 heavy (non-hydrogen) atoms. The summed E-state index contributed by atoms with van der Waals surface area (Å²) in [6, 6.07) is 7.64. The highest BCUT2D eigenvalue weighted by molar-refractivity contribution is 6.30. The number of nitrogens with zero attached hydrogens (tertiary/aromatic N) is 1. The first kappa shape index (κ1) is 13.3. The van der Waals surface area contributed by atoms with E-state index in [1.807, 2.05) is 19.2 Å². The molecule has 1 unspecified atom stereocenters. The molecule has 0 spiro atoms. The van der Waals surface area contributed by atoms with Gasteiger partial charge in [-0.15, -0.1) is 0 Å². The molecule has 1 fully saturated rings. The molecule has 5 heteroatoms. The average Bonchev–Trinajstić information content (AvgIpc) is 2.81. The number of nitrogens with one attached hydrogen (secondary N) is 2. The van der Waals surface area contributed by atoms with Gasteiger partial charge in [0.1, 0.15) is 0 Å². The lowest BCUT2D eigenvalue weighted by Gasteiger charge is -2.22. The summed E-state index contributed by atoms with van der Waals surface area (Å²) >= 11 is 5.87. The molecule has 2 N–H and O–H groups in total. The van der Waals surface area contributed by atoms with Gasteiger partial charge in [0.2, 0.25) is 5.91 Å². The minimum atomic E-state index is -0.00772. The van der Waals surface area contributed by atoms with E-state index in [1.165, 1.54) is 0 Å². The van der Waals surface area contributed by atoms with Gasteiger partial charge in [-0.3, -0.25) is 9.69 Å². The monoisotopic (exact) mass is 267 g/mol. The van der Waals surface area contributed by atoms with Crippen molar-refractivity contribution in [3.05, 3.63) is 29.3 Å². The van der Waals surface area contributed by atoms with Crippen molar-refractivity contribution in [2.24, 2.45) is 0 Å². The molecule has 1 saturated heterocycles. The highest BCUT2D eigenvalue weighted by atomic mass is 35.5. The van der Waals surface area contributed by atoms with Crippen LogP contribution in [0.4, 0.5) is 5.69 Å². The van der Waals surface area contributed by atoms with Crippen molar-refractivity contribution in [1.82, 2.24) is 10.2 Å². The van der Waals surface area contributed by atoms with Gasteiger partial charge in [-0.25, -0.2) is 0 Å². The molecule has 1 amide bonds. The Balaban J connectivity index is 1.84. The third-order valence-electron chi connectivity index (χ3n) is 3.16. The van der Waals surface area contributed by atoms with Gasteiger partial charge in [0.05, 0.1) is 6.54 Å². The van der Waals surface area contributed by atoms with Gasteiger partial charge in [0, 0.05) is 23.3 Å². The number of carbonyl (C=O) groups excluding carboxylic acids is 1. The Hall–Kier alpha value is -1.10. The van der Waals surface area contributed by atoms with Crippen LogP contribution in [0.5, 0.6) is 0 Å². The number of amides is 1. The fraction of sp³-hybridized carbons (Fsp3) is 0.462. The van der Waals surface area contributed by atoms with Crippen LogP contribution in [0.2, 0.25) is 5.02 Å². The van der Waals surface area contributed by atoms with Crippen molar-refractivity contribution in [3.63, 3.8) is 0 Å². The Kier molecular flexibility index (Phi) is 4.58. The molecule has 4 nitrogen and oxygen atoms in total. The van der Waals surface area contributed by atoms with Crippen LogP contribution in [0.25, 0.3) is 0 Å². The second-order valence-electron chi connectivity index (χ2n) is 4.62. The largest absolute Gasteiger partial charge is 0.325 e. The van der Waals surface area contributed by atoms with Crippen LogP contribution in [0, 0.1) is 0 Å². The van der Waals surface area contributed by atoms with E-state index in [-0.39, 0.29) is 5.91 Å². The van der Waals surface area contributed by atoms with E-state index in [0.717, 1.165) is 25.2 Å². The van der Waals surface area contributed by atoms with Crippen LogP contribution in [0.1, 0.15) is 6.42 Å². The van der Waals surface area contributed by atoms with Gasteiger partial charge in [-0.05, 0) is 38.2 Å². The molecule has 1 atom stereocenters. The van der Waals surface area contributed by atoms with Crippen LogP contribution in [-0.4, -0.2) is 43.5 Å². The van der Waals surface area contributed by atoms with Crippen molar-refractivity contribution in [2.75, 3.05) is 32.0 Å². The molecule has 2 rings (SSSR count). The first-order valence-electron chi connectivity index (χ1n) is 6.11. The Bertz CT molecular complexity index is 418. The molecule has 0 aromatic heterocycles. The molecule has 0 aliphatic carbocycles. The summed E-state index contributed by atoms with van der Waals surface area (Å²) in [7, 11) is 1.98. The lowest BCUT2D eigenvalue weighted by molar-refractivity contribution is -0.117. The highest BCUT2D eigenvalue weighted by Crippen LogP contribution is 2.15. The molecule has 1 aliphatic heterocycles. The van der Waals surface area contributed by atoms with E-state index in [4.69, 9.17) is 11.6 Å². The van der Waals surface area contributed by atoms with Crippen molar-refractivity contribution in [3.8, 4) is 0 Å². The zero-order valence-electron chi connectivity index (χ0n) is 10.4. The van der Waals surface area contributed by atoms with Gasteiger partial charge in [-0.1, -0.05) is 17.7 Å². The Morgan fingerprint density at radius 3 is 3.11 bits per heavy atom. The summed E-state index contributed by atoms with van der Waals surface area (Å²) in [5.74, 6) is -0.00772. The van der Waals surface area contributed by atoms with Crippen LogP contribution in [-0.2, 0) is 4.79 Å². The average molecular weight is 268 g/mol. The fourth-order valence-corrected chi connectivity index (χ4v) is 2.33. The number of hydrogen-bond donors (Lipinski definition) is 2. The highest BCUT2D eigenvalue weighted by Gasteiger charge is 2.20. The van der Waals surface area contributed by atoms with E-state index < -0.39 is 0 Å². The molecular weight excluding hydrogens is 250 g/mol. The number of likely N-dealkylation sites (N-methyl/N-ethyl adjacent to an activating group) is 1. The van der Waals surface area contributed by atoms with Crippen LogP contribution >= 0.6 is 11.6 Å². The summed E-state index contributed by atoms with van der Waals surface area (Å²) in [6.45, 7) is 2.39. The smallest absolute Gasteiger partial charge is 0.238 e. The predicted molar refractivity (Wildman–Crippen MR) is 74.0 cm³/mol. The molecular formula is C13H18ClN3O. The van der Waals surface area contributed by atoms with E-state index in [9.17, 15) is 4.79 Å². The number of hydrogen-bond acceptors (Lipinski definition) is 3. The van der Waals surface area contributed by atoms with Gasteiger partial charge >= 0.3 is 0 Å². The van der Waals surface area contributed by atoms with Gasteiger partial charge in [-0.2, -0.15) is 0 Å². The zero-order valence-corrected chi connectivity index (χ0v) is 11.2. The summed E-state index contributed by atoms with van der Waals surface area (Å²) < 4.78 is 0. The lowest BCUT2D eigenvalue weighted by Crippen LogP contribution is -2.39. The Labute approximate surface area is 112 Å². The minimum absolute atomic E-state index is 0.00772. The molecule has 0 saturated carbocycles. The minimum Gasteiger partial charge on any atom is -0.325 e. The number of carbonyl (C=O) groups is 1. The quantitative estimate of drug-likeness (QED) is 0.871. The summed E-state index contributed by atoms with van der Waals surface area (Å²) in [5, 5.41) is 6.77. The van der Waals surface area contributed by atoms with Crippen LogP contribution in [0.15, 0.2) is 24.3 Å². The number of rotatable bonds is 4. The van der Waals surface area contributed by atoms with Gasteiger partial charge in [0.15, 0.2) is 0 Å². The molecule has 0 bridgehead atoms. The topological polar surface area (TPSA) is 44.4 Å². The standard InChI is InChI=1S/C13H18ClN3O/c1-17(12-5-6-15-8-12)9-13(18)16-11-4-2-3-10(14)7-11/h2-4,7,12,15H,5-6,8-9H2,1H3,(H,16,18). The predicted octanol–water partition coefficient (Wildman–Crippen LogP) is 1.57. The van der Waals surface area contributed by atoms with E-state index in [2.05, 4.69) is 15.5 Å². The second-order valence-corrected chi connectivity index (χ2v) is 5.06. The summed E-state index contributed by atoms with van der Waals surface area (Å²) in [6.07, 6.45) is 1.10. The van der Waals surface area contributed by atoms with Crippen molar-refractivity contribution in [2.45, 2.75) is 12.5 Å². The molecule has 1 aromatic carbocycles. The second kappa shape index (κ2) is 6.18. The SMILES string of the molecule is CN(CC(=O)Nc1cccc(Cl)c1)C1CCNC1. The Morgan fingerprint density at radius 1 is 1.61 bits per heavy atom. The normalized spacial score (nSPS) is 19.2. The fourth-order valence-electron chi connectivity index (χ4n) is 2.14. The van der Waals surface area contributed by atoms with Gasteiger partial charge < -0.3 is 10.6 Å². The zero-order chi connectivity index (χ0) is 13.0. The molecule has 1 aromatic rings. The number of halogens is 1. The first-order valence-corrected chi connectivity index (χ1v) is 6.49. The van der Waals surface area contributed by atoms with Crippen molar-refractivity contribution >= 4 is 23.2 Å². The van der Waals surface area contributed by atoms with Crippen molar-refractivity contribution in [1.29, 1.82) is 0 Å². The van der Waals surface area contributed by atoms with Crippen LogP contribution < -0.4 is 10.6 Å². The first-order chi connectivity index (χ1) is 8.65. The molecule has 1 heterocycles. The van der Waals surface area contributed by atoms with Crippen LogP contribution in [0.3, 0.4) is 0 Å². The third-order valence-corrected chi connectivity index (χ3v) is 3.39. The maximum atomic E-state index is 11.9. The maximum absolute atomic E-state index is 11.9. The lowest BCUT2D eigenvalue weighted by atomic mass is 10.2. The summed E-state index contributed by atoms with van der Waals surface area (Å²) in [4.78, 5) is 14.0. The van der Waals surface area contributed by atoms with E-state index in [0.29, 0.717) is 17.6 Å². The van der Waals surface area contributed by atoms with E-state index in [1.54, 1.807) is 12.1 Å². The molecule has 98 valence electrons. The molecule has 1 aliphatic rings. The third kappa shape index (κ3) is 3.70.